The number of amides is 2. The first-order chi connectivity index (χ1) is 17.2. The summed E-state index contributed by atoms with van der Waals surface area (Å²) in [6.07, 6.45) is -3.54. The average Bonchev–Trinajstić information content (AvgIpc) is 3.25. The van der Waals surface area contributed by atoms with Crippen LogP contribution in [0.5, 0.6) is 0 Å². The molecule has 0 bridgehead atoms. The smallest absolute Gasteiger partial charge is 0.414 e. The van der Waals surface area contributed by atoms with Crippen LogP contribution in [0.25, 0.3) is 11.0 Å². The maximum atomic E-state index is 15.1. The van der Waals surface area contributed by atoms with Gasteiger partial charge in [-0.15, -0.1) is 0 Å². The molecular formula is C22H20F4N6O4. The van der Waals surface area contributed by atoms with E-state index in [1.165, 1.54) is 9.58 Å². The number of ether oxygens (including phenoxy) is 1. The van der Waals surface area contributed by atoms with Crippen molar-refractivity contribution in [2.24, 2.45) is 0 Å². The SMILES string of the molecule is O=C(NC[C@H]1CN(c2cc(F)c(N3CCn4c(=O)c5cccnc5n4CC3)c(F)c2)C(=O)O1)C(F)F. The molecule has 4 heterocycles. The quantitative estimate of drug-likeness (QED) is 0.527. The van der Waals surface area contributed by atoms with E-state index in [0.29, 0.717) is 11.0 Å². The van der Waals surface area contributed by atoms with Crippen LogP contribution >= 0.6 is 0 Å². The molecular weight excluding hydrogens is 488 g/mol. The second-order valence-corrected chi connectivity index (χ2v) is 8.33. The van der Waals surface area contributed by atoms with Gasteiger partial charge in [-0.25, -0.2) is 23.2 Å². The Morgan fingerprint density at radius 1 is 1.11 bits per heavy atom. The summed E-state index contributed by atoms with van der Waals surface area (Å²) >= 11 is 0. The predicted molar refractivity (Wildman–Crippen MR) is 119 cm³/mol. The lowest BCUT2D eigenvalue weighted by atomic mass is 10.2. The van der Waals surface area contributed by atoms with Crippen LogP contribution in [0.4, 0.5) is 33.7 Å². The molecule has 0 radical (unpaired) electrons. The number of benzene rings is 1. The zero-order valence-corrected chi connectivity index (χ0v) is 18.7. The lowest BCUT2D eigenvalue weighted by Gasteiger charge is -2.24. The normalized spacial score (nSPS) is 17.9. The predicted octanol–water partition coefficient (Wildman–Crippen LogP) is 1.70. The summed E-state index contributed by atoms with van der Waals surface area (Å²) in [6.45, 7) is 0.238. The van der Waals surface area contributed by atoms with Crippen molar-refractivity contribution in [3.05, 3.63) is 52.5 Å². The van der Waals surface area contributed by atoms with Crippen molar-refractivity contribution >= 4 is 34.4 Å². The second-order valence-electron chi connectivity index (χ2n) is 8.33. The van der Waals surface area contributed by atoms with E-state index in [1.54, 1.807) is 23.0 Å². The van der Waals surface area contributed by atoms with E-state index >= 15 is 8.78 Å². The summed E-state index contributed by atoms with van der Waals surface area (Å²) < 4.78 is 63.2. The molecule has 1 saturated heterocycles. The van der Waals surface area contributed by atoms with Crippen LogP contribution in [0.15, 0.2) is 35.3 Å². The van der Waals surface area contributed by atoms with Crippen molar-refractivity contribution in [2.75, 3.05) is 36.0 Å². The van der Waals surface area contributed by atoms with Gasteiger partial charge in [0.15, 0.2) is 17.3 Å². The molecule has 36 heavy (non-hydrogen) atoms. The average molecular weight is 508 g/mol. The minimum atomic E-state index is -3.22. The molecule has 2 aromatic heterocycles. The van der Waals surface area contributed by atoms with Crippen LogP contribution in [0.1, 0.15) is 0 Å². The maximum absolute atomic E-state index is 15.1. The maximum Gasteiger partial charge on any atom is 0.414 e. The fraction of sp³-hybridized carbons (Fsp3) is 0.364. The van der Waals surface area contributed by atoms with Gasteiger partial charge in [-0.2, -0.15) is 8.78 Å². The third kappa shape index (κ3) is 4.12. The highest BCUT2D eigenvalue weighted by atomic mass is 19.3. The number of nitrogens with one attached hydrogen (secondary N) is 1. The first kappa shape index (κ1) is 23.6. The van der Waals surface area contributed by atoms with Crippen LogP contribution in [-0.2, 0) is 22.6 Å². The fourth-order valence-electron chi connectivity index (χ4n) is 4.49. The highest BCUT2D eigenvalue weighted by molar-refractivity contribution is 5.90. The third-order valence-corrected chi connectivity index (χ3v) is 6.16. The molecule has 1 fully saturated rings. The second kappa shape index (κ2) is 9.17. The zero-order valence-electron chi connectivity index (χ0n) is 18.7. The van der Waals surface area contributed by atoms with Gasteiger partial charge in [0.05, 0.1) is 37.3 Å². The molecule has 0 unspecified atom stereocenters. The molecule has 1 atom stereocenters. The number of pyridine rings is 1. The number of anilines is 2. The van der Waals surface area contributed by atoms with Crippen LogP contribution in [0.3, 0.4) is 0 Å². The molecule has 2 aliphatic rings. The summed E-state index contributed by atoms with van der Waals surface area (Å²) in [5.74, 6) is -3.36. The van der Waals surface area contributed by atoms with Gasteiger partial charge >= 0.3 is 12.5 Å². The van der Waals surface area contributed by atoms with E-state index < -0.39 is 36.2 Å². The molecule has 190 valence electrons. The Morgan fingerprint density at radius 3 is 2.50 bits per heavy atom. The first-order valence-corrected chi connectivity index (χ1v) is 11.1. The summed E-state index contributed by atoms with van der Waals surface area (Å²) in [4.78, 5) is 42.6. The van der Waals surface area contributed by atoms with Crippen LogP contribution < -0.4 is 20.7 Å². The van der Waals surface area contributed by atoms with E-state index in [-0.39, 0.29) is 56.2 Å². The zero-order chi connectivity index (χ0) is 25.6. The van der Waals surface area contributed by atoms with Crippen molar-refractivity contribution in [3.8, 4) is 0 Å². The standard InChI is InChI=1S/C22H20F4N6O4/c23-15-8-12(30-11-13(36-22(30)35)10-28-20(33)18(25)26)9-16(24)17(15)29-4-6-31-19-14(2-1-3-27-19)21(34)32(31)7-5-29/h1-3,8-9,13,18H,4-7,10-11H2,(H,28,33)/t13-/m0/s1. The molecule has 5 rings (SSSR count). The fourth-order valence-corrected chi connectivity index (χ4v) is 4.49. The number of hydrogen-bond acceptors (Lipinski definition) is 6. The van der Waals surface area contributed by atoms with Gasteiger partial charge in [0, 0.05) is 31.4 Å². The van der Waals surface area contributed by atoms with E-state index in [4.69, 9.17) is 4.74 Å². The van der Waals surface area contributed by atoms with Gasteiger partial charge in [0.25, 0.3) is 11.5 Å². The van der Waals surface area contributed by atoms with Crippen LogP contribution in [0.2, 0.25) is 0 Å². The lowest BCUT2D eigenvalue weighted by Crippen LogP contribution is -2.37. The Labute approximate surface area is 200 Å². The van der Waals surface area contributed by atoms with Crippen molar-refractivity contribution < 1.29 is 31.9 Å². The van der Waals surface area contributed by atoms with Crippen molar-refractivity contribution in [1.82, 2.24) is 19.7 Å². The van der Waals surface area contributed by atoms with E-state index in [9.17, 15) is 23.2 Å². The number of alkyl halides is 2. The molecule has 2 aliphatic heterocycles. The van der Waals surface area contributed by atoms with Gasteiger partial charge in [0.1, 0.15) is 11.8 Å². The largest absolute Gasteiger partial charge is 0.442 e. The summed E-state index contributed by atoms with van der Waals surface area (Å²) in [5, 5.41) is 2.41. The van der Waals surface area contributed by atoms with Gasteiger partial charge in [-0.3, -0.25) is 19.2 Å². The Hall–Kier alpha value is -4.10. The number of rotatable bonds is 5. The molecule has 10 nitrogen and oxygen atoms in total. The summed E-state index contributed by atoms with van der Waals surface area (Å²) in [5.41, 5.74) is -0.160. The molecule has 1 aromatic carbocycles. The third-order valence-electron chi connectivity index (χ3n) is 6.16. The lowest BCUT2D eigenvalue weighted by molar-refractivity contribution is -0.132. The number of aromatic nitrogens is 3. The molecule has 0 aliphatic carbocycles. The number of carbonyl (C=O) groups is 2. The number of nitrogens with zero attached hydrogens (tertiary/aromatic N) is 5. The molecule has 1 N–H and O–H groups in total. The first-order valence-electron chi connectivity index (χ1n) is 11.1. The Balaban J connectivity index is 1.33. The van der Waals surface area contributed by atoms with Crippen LogP contribution in [-0.4, -0.2) is 65.1 Å². The monoisotopic (exact) mass is 508 g/mol. The van der Waals surface area contributed by atoms with Crippen LogP contribution in [0, 0.1) is 11.6 Å². The Bertz CT molecular complexity index is 1380. The Morgan fingerprint density at radius 2 is 1.81 bits per heavy atom. The number of fused-ring (bicyclic) bond motifs is 3. The minimum Gasteiger partial charge on any atom is -0.442 e. The molecule has 0 spiro atoms. The topological polar surface area (TPSA) is 102 Å². The highest BCUT2D eigenvalue weighted by Crippen LogP contribution is 2.31. The van der Waals surface area contributed by atoms with Gasteiger partial charge < -0.3 is 15.0 Å². The van der Waals surface area contributed by atoms with Gasteiger partial charge in [-0.05, 0) is 12.1 Å². The summed E-state index contributed by atoms with van der Waals surface area (Å²) in [7, 11) is 0. The van der Waals surface area contributed by atoms with E-state index in [1.807, 2.05) is 5.32 Å². The van der Waals surface area contributed by atoms with Crippen molar-refractivity contribution in [1.29, 1.82) is 0 Å². The van der Waals surface area contributed by atoms with E-state index in [0.717, 1.165) is 17.0 Å². The van der Waals surface area contributed by atoms with Crippen molar-refractivity contribution in [3.63, 3.8) is 0 Å². The Kier molecular flexibility index (Phi) is 6.02. The number of cyclic esters (lactones) is 1. The molecule has 2 amide bonds. The number of hydrogen-bond donors (Lipinski definition) is 1. The highest BCUT2D eigenvalue weighted by Gasteiger charge is 2.34. The molecule has 3 aromatic rings. The number of carbonyl (C=O) groups excluding carboxylic acids is 2. The number of halogens is 4. The van der Waals surface area contributed by atoms with E-state index in [2.05, 4.69) is 4.98 Å². The van der Waals surface area contributed by atoms with Gasteiger partial charge in [0.2, 0.25) is 0 Å². The van der Waals surface area contributed by atoms with Crippen molar-refractivity contribution in [2.45, 2.75) is 25.6 Å². The van der Waals surface area contributed by atoms with Gasteiger partial charge in [-0.1, -0.05) is 0 Å². The molecule has 14 heteroatoms. The molecule has 0 saturated carbocycles. The minimum absolute atomic E-state index is 0.117. The summed E-state index contributed by atoms with van der Waals surface area (Å²) in [6, 6.07) is 5.30.